The molecule has 1 saturated carbocycles. The summed E-state index contributed by atoms with van der Waals surface area (Å²) in [6, 6.07) is 5.94. The number of amides is 1. The fourth-order valence-corrected chi connectivity index (χ4v) is 6.72. The van der Waals surface area contributed by atoms with Crippen LogP contribution in [0, 0.1) is 23.2 Å². The number of carbonyl (C=O) groups is 3. The van der Waals surface area contributed by atoms with E-state index in [0.29, 0.717) is 30.2 Å². The molecule has 2 bridgehead atoms. The van der Waals surface area contributed by atoms with Crippen molar-refractivity contribution in [3.05, 3.63) is 30.0 Å². The molecule has 2 aromatic rings. The normalized spacial score (nSPS) is 31.0. The number of hydrogen-bond donors (Lipinski definition) is 0. The summed E-state index contributed by atoms with van der Waals surface area (Å²) in [5.74, 6) is -5.52. The molecule has 1 amide bonds. The second-order valence-electron chi connectivity index (χ2n) is 13.3. The Kier molecular flexibility index (Phi) is 8.54. The van der Waals surface area contributed by atoms with Gasteiger partial charge in [0.25, 0.3) is 5.92 Å². The molecule has 0 spiro atoms. The molecule has 1 aromatic heterocycles. The van der Waals surface area contributed by atoms with Crippen molar-refractivity contribution in [1.82, 2.24) is 14.9 Å². The van der Waals surface area contributed by atoms with E-state index >= 15 is 8.78 Å². The Morgan fingerprint density at radius 2 is 1.67 bits per heavy atom. The van der Waals surface area contributed by atoms with E-state index in [4.69, 9.17) is 9.47 Å². The third kappa shape index (κ3) is 6.13. The Morgan fingerprint density at radius 1 is 0.976 bits per heavy atom. The van der Waals surface area contributed by atoms with Gasteiger partial charge >= 0.3 is 5.97 Å². The lowest BCUT2D eigenvalue weighted by Gasteiger charge is -2.34. The maximum Gasteiger partial charge on any atom is 0.306 e. The van der Waals surface area contributed by atoms with Gasteiger partial charge in [-0.2, -0.15) is 8.78 Å². The van der Waals surface area contributed by atoms with Gasteiger partial charge in [-0.25, -0.2) is 9.97 Å². The summed E-state index contributed by atoms with van der Waals surface area (Å²) in [5, 5.41) is 0. The van der Waals surface area contributed by atoms with Gasteiger partial charge in [0.05, 0.1) is 36.0 Å². The fourth-order valence-electron chi connectivity index (χ4n) is 6.72. The Bertz CT molecular complexity index is 1330. The molecule has 2 aliphatic heterocycles. The van der Waals surface area contributed by atoms with Crippen molar-refractivity contribution in [1.29, 1.82) is 0 Å². The van der Waals surface area contributed by atoms with Crippen LogP contribution in [0.5, 0.6) is 5.88 Å². The summed E-state index contributed by atoms with van der Waals surface area (Å²) < 4.78 is 43.7. The molecule has 0 radical (unpaired) electrons. The number of benzene rings is 1. The minimum Gasteiger partial charge on any atom is -0.471 e. The Hall–Kier alpha value is -3.17. The van der Waals surface area contributed by atoms with Crippen LogP contribution in [0.2, 0.25) is 0 Å². The number of hydrogen-bond acceptors (Lipinski definition) is 7. The lowest BCUT2D eigenvalue weighted by Crippen LogP contribution is -2.46. The van der Waals surface area contributed by atoms with Crippen LogP contribution in [-0.2, 0) is 25.0 Å². The first-order valence-electron chi connectivity index (χ1n) is 15.2. The molecule has 0 unspecified atom stereocenters. The third-order valence-electron chi connectivity index (χ3n) is 9.33. The molecule has 2 fully saturated rings. The van der Waals surface area contributed by atoms with Gasteiger partial charge in [-0.3, -0.25) is 9.59 Å². The van der Waals surface area contributed by atoms with Gasteiger partial charge in [0.15, 0.2) is 5.69 Å². The highest BCUT2D eigenvalue weighted by atomic mass is 19.3. The molecule has 1 aromatic carbocycles. The zero-order valence-corrected chi connectivity index (χ0v) is 24.9. The number of alkyl halides is 2. The number of para-hydroxylation sites is 2. The number of halogens is 2. The highest BCUT2D eigenvalue weighted by Gasteiger charge is 2.48. The van der Waals surface area contributed by atoms with Crippen molar-refractivity contribution >= 4 is 29.2 Å². The van der Waals surface area contributed by atoms with Gasteiger partial charge in [-0.05, 0) is 55.6 Å². The Morgan fingerprint density at radius 3 is 2.36 bits per heavy atom. The summed E-state index contributed by atoms with van der Waals surface area (Å²) in [6.45, 7) is 7.41. The van der Waals surface area contributed by atoms with Crippen LogP contribution in [0.1, 0.15) is 84.8 Å². The summed E-state index contributed by atoms with van der Waals surface area (Å²) in [7, 11) is 0. The number of esters is 1. The monoisotopic (exact) mass is 585 g/mol. The standard InChI is InChI=1S/C32H41F2N3O5/c1-19-24(18-38)37-17-26(19)42-29-28(35-22-12-5-6-13-23(22)36-29)32(33,34)15-8-7-10-20-11-9-14-25(20)41-27(39)16-21(30(37)40)31(2,3)4/h5-6,12-13,18-21,24-26H,7-11,14-17H2,1-4H3/t19-,20+,21+,24+,25+,26-/m0/s1. The van der Waals surface area contributed by atoms with Crippen LogP contribution >= 0.6 is 0 Å². The topological polar surface area (TPSA) is 98.7 Å². The van der Waals surface area contributed by atoms with Gasteiger partial charge in [0.1, 0.15) is 18.5 Å². The van der Waals surface area contributed by atoms with Crippen molar-refractivity contribution in [3.8, 4) is 5.88 Å². The maximum absolute atomic E-state index is 15.8. The van der Waals surface area contributed by atoms with Gasteiger partial charge in [-0.1, -0.05) is 46.2 Å². The number of rotatable bonds is 1. The first-order valence-corrected chi connectivity index (χ1v) is 15.2. The predicted octanol–water partition coefficient (Wildman–Crippen LogP) is 5.85. The highest BCUT2D eigenvalue weighted by molar-refractivity contribution is 5.87. The van der Waals surface area contributed by atoms with Crippen LogP contribution in [0.3, 0.4) is 0 Å². The van der Waals surface area contributed by atoms with E-state index in [1.165, 1.54) is 4.90 Å². The molecule has 1 aliphatic carbocycles. The van der Waals surface area contributed by atoms with Crippen LogP contribution < -0.4 is 4.74 Å². The minimum atomic E-state index is -3.31. The molecule has 1 saturated heterocycles. The van der Waals surface area contributed by atoms with E-state index in [1.54, 1.807) is 31.2 Å². The molecule has 3 aliphatic rings. The third-order valence-corrected chi connectivity index (χ3v) is 9.33. The largest absolute Gasteiger partial charge is 0.471 e. The summed E-state index contributed by atoms with van der Waals surface area (Å²) >= 11 is 0. The van der Waals surface area contributed by atoms with Crippen molar-refractivity contribution in [2.75, 3.05) is 6.54 Å². The lowest BCUT2D eigenvalue weighted by molar-refractivity contribution is -0.157. The van der Waals surface area contributed by atoms with Crippen molar-refractivity contribution in [2.24, 2.45) is 23.2 Å². The molecule has 8 nitrogen and oxygen atoms in total. The summed E-state index contributed by atoms with van der Waals surface area (Å²) in [5.41, 5.74) is -0.367. The van der Waals surface area contributed by atoms with Gasteiger partial charge in [-0.15, -0.1) is 0 Å². The molecule has 6 atom stereocenters. The Balaban J connectivity index is 1.54. The van der Waals surface area contributed by atoms with E-state index in [1.807, 2.05) is 20.8 Å². The number of fused-ring (bicyclic) bond motifs is 5. The van der Waals surface area contributed by atoms with Crippen LogP contribution in [0.25, 0.3) is 11.0 Å². The number of ether oxygens (including phenoxy) is 2. The first-order chi connectivity index (χ1) is 19.9. The molecular formula is C32H41F2N3O5. The second-order valence-corrected chi connectivity index (χ2v) is 13.3. The van der Waals surface area contributed by atoms with E-state index in [0.717, 1.165) is 19.3 Å². The molecule has 42 heavy (non-hydrogen) atoms. The van der Waals surface area contributed by atoms with Crippen molar-refractivity contribution < 1.29 is 32.6 Å². The number of carbonyl (C=O) groups excluding carboxylic acids is 3. The molecule has 3 heterocycles. The fraction of sp³-hybridized carbons (Fsp3) is 0.656. The second kappa shape index (κ2) is 11.8. The number of aromatic nitrogens is 2. The lowest BCUT2D eigenvalue weighted by atomic mass is 9.77. The van der Waals surface area contributed by atoms with E-state index < -0.39 is 53.4 Å². The molecule has 10 heteroatoms. The van der Waals surface area contributed by atoms with Crippen LogP contribution in [-0.4, -0.2) is 57.8 Å². The van der Waals surface area contributed by atoms with Gasteiger partial charge in [0.2, 0.25) is 11.8 Å². The zero-order chi connectivity index (χ0) is 30.2. The maximum atomic E-state index is 15.8. The highest BCUT2D eigenvalue weighted by Crippen LogP contribution is 2.42. The molecule has 0 N–H and O–H groups in total. The van der Waals surface area contributed by atoms with E-state index in [9.17, 15) is 14.4 Å². The first kappa shape index (κ1) is 30.3. The van der Waals surface area contributed by atoms with Gasteiger partial charge < -0.3 is 19.2 Å². The van der Waals surface area contributed by atoms with Crippen LogP contribution in [0.15, 0.2) is 24.3 Å². The Labute approximate surface area is 245 Å². The predicted molar refractivity (Wildman–Crippen MR) is 152 cm³/mol. The molecule has 5 rings (SSSR count). The average Bonchev–Trinajstić information content (AvgIpc) is 3.50. The summed E-state index contributed by atoms with van der Waals surface area (Å²) in [6.07, 6.45) is 3.12. The molecular weight excluding hydrogens is 544 g/mol. The van der Waals surface area contributed by atoms with Gasteiger partial charge in [0, 0.05) is 12.3 Å². The number of aldehydes is 1. The number of nitrogens with zero attached hydrogens (tertiary/aromatic N) is 3. The van der Waals surface area contributed by atoms with Crippen molar-refractivity contribution in [2.45, 2.75) is 103 Å². The zero-order valence-electron chi connectivity index (χ0n) is 24.9. The SMILES string of the molecule is C[C@@H]1[C@@H]2CN(C(=O)[C@H](C(C)(C)C)CC(=O)O[C@@H]3CCC[C@H]3CCCCC(F)(F)c3nc4ccccc4nc3O2)[C@@H]1C=O. The quantitative estimate of drug-likeness (QED) is 0.306. The molecule has 228 valence electrons. The van der Waals surface area contributed by atoms with E-state index in [-0.39, 0.29) is 43.2 Å². The smallest absolute Gasteiger partial charge is 0.306 e. The summed E-state index contributed by atoms with van der Waals surface area (Å²) in [4.78, 5) is 49.7. The average molecular weight is 586 g/mol. The van der Waals surface area contributed by atoms with E-state index in [2.05, 4.69) is 9.97 Å². The minimum absolute atomic E-state index is 0.00471. The van der Waals surface area contributed by atoms with Crippen molar-refractivity contribution in [3.63, 3.8) is 0 Å². The van der Waals surface area contributed by atoms with Crippen LogP contribution in [0.4, 0.5) is 8.78 Å².